The molecule has 0 aliphatic carbocycles. The molecule has 2 heterocycles. The smallest absolute Gasteiger partial charge is 0.160 e. The largest absolute Gasteiger partial charge is 0.493 e. The summed E-state index contributed by atoms with van der Waals surface area (Å²) in [6.45, 7) is 0.653. The Hall–Kier alpha value is -3.55. The fourth-order valence-electron chi connectivity index (χ4n) is 2.56. The fraction of sp³-hybridized carbons (Fsp3) is 0.211. The Kier molecular flexibility index (Phi) is 5.88. The molecule has 0 aliphatic heterocycles. The number of nitrogens with two attached hydrogens (primary N) is 1. The molecule has 0 unspecified atom stereocenters. The highest BCUT2D eigenvalue weighted by Gasteiger charge is 2.09. The van der Waals surface area contributed by atoms with E-state index in [4.69, 9.17) is 15.2 Å². The van der Waals surface area contributed by atoms with E-state index in [0.717, 1.165) is 12.0 Å². The zero-order chi connectivity index (χ0) is 19.1. The monoisotopic (exact) mass is 366 g/mol. The van der Waals surface area contributed by atoms with Gasteiger partial charge in [0.25, 0.3) is 0 Å². The highest BCUT2D eigenvalue weighted by Crippen LogP contribution is 2.28. The molecule has 0 spiro atoms. The Balaban J connectivity index is 1.64. The van der Waals surface area contributed by atoms with Gasteiger partial charge < -0.3 is 25.8 Å². The van der Waals surface area contributed by atoms with Crippen LogP contribution >= 0.6 is 0 Å². The van der Waals surface area contributed by atoms with Crippen molar-refractivity contribution >= 4 is 23.1 Å². The molecule has 0 saturated carbocycles. The number of pyridine rings is 1. The number of nitrogen functional groups attached to an aromatic ring is 1. The third kappa shape index (κ3) is 4.55. The summed E-state index contributed by atoms with van der Waals surface area (Å²) < 4.78 is 10.6. The van der Waals surface area contributed by atoms with Crippen molar-refractivity contribution in [2.45, 2.75) is 6.42 Å². The van der Waals surface area contributed by atoms with E-state index in [1.165, 1.54) is 6.33 Å². The normalized spacial score (nSPS) is 10.3. The molecular formula is C19H22N6O2. The van der Waals surface area contributed by atoms with Gasteiger partial charge in [-0.15, -0.1) is 0 Å². The van der Waals surface area contributed by atoms with Crippen molar-refractivity contribution in [3.05, 3.63) is 54.5 Å². The average molecular weight is 366 g/mol. The van der Waals surface area contributed by atoms with Crippen LogP contribution in [0.4, 0.5) is 23.1 Å². The van der Waals surface area contributed by atoms with Gasteiger partial charge in [0.15, 0.2) is 23.1 Å². The first-order chi connectivity index (χ1) is 13.2. The lowest BCUT2D eigenvalue weighted by atomic mass is 10.1. The van der Waals surface area contributed by atoms with Gasteiger partial charge in [-0.3, -0.25) is 0 Å². The standard InChI is InChI=1S/C19H22N6O2/c1-26-14-7-6-13(11-15(14)27-2)8-10-22-18-17(20)19(24-12-23-18)25-16-5-3-4-9-21-16/h3-7,9,11-12H,8,10,20H2,1-2H3,(H2,21,22,23,24,25). The maximum atomic E-state index is 6.18. The first-order valence-electron chi connectivity index (χ1n) is 8.44. The molecule has 1 aromatic carbocycles. The van der Waals surface area contributed by atoms with Crippen LogP contribution in [0, 0.1) is 0 Å². The number of hydrogen-bond donors (Lipinski definition) is 3. The first-order valence-corrected chi connectivity index (χ1v) is 8.44. The number of ether oxygens (including phenoxy) is 2. The van der Waals surface area contributed by atoms with Gasteiger partial charge in [-0.2, -0.15) is 0 Å². The van der Waals surface area contributed by atoms with E-state index in [1.54, 1.807) is 20.4 Å². The number of nitrogens with zero attached hydrogens (tertiary/aromatic N) is 3. The van der Waals surface area contributed by atoms with Gasteiger partial charge in [-0.25, -0.2) is 15.0 Å². The highest BCUT2D eigenvalue weighted by molar-refractivity contribution is 5.76. The summed E-state index contributed by atoms with van der Waals surface area (Å²) in [6, 6.07) is 11.4. The molecule has 0 amide bonds. The van der Waals surface area contributed by atoms with Crippen LogP contribution in [0.1, 0.15) is 5.56 Å². The van der Waals surface area contributed by atoms with Crippen molar-refractivity contribution < 1.29 is 9.47 Å². The molecule has 27 heavy (non-hydrogen) atoms. The summed E-state index contributed by atoms with van der Waals surface area (Å²) in [5, 5.41) is 6.34. The lowest BCUT2D eigenvalue weighted by Crippen LogP contribution is -2.11. The Morgan fingerprint density at radius 1 is 0.963 bits per heavy atom. The fourth-order valence-corrected chi connectivity index (χ4v) is 2.56. The van der Waals surface area contributed by atoms with Crippen molar-refractivity contribution in [3.8, 4) is 11.5 Å². The summed E-state index contributed by atoms with van der Waals surface area (Å²) in [7, 11) is 3.24. The minimum atomic E-state index is 0.440. The molecular weight excluding hydrogens is 344 g/mol. The van der Waals surface area contributed by atoms with Crippen LogP contribution < -0.4 is 25.8 Å². The second-order valence-electron chi connectivity index (χ2n) is 5.69. The van der Waals surface area contributed by atoms with Crippen molar-refractivity contribution in [1.82, 2.24) is 15.0 Å². The lowest BCUT2D eigenvalue weighted by Gasteiger charge is -2.13. The molecule has 140 valence electrons. The Labute approximate surface area is 157 Å². The minimum absolute atomic E-state index is 0.440. The van der Waals surface area contributed by atoms with Crippen LogP contribution in [0.3, 0.4) is 0 Å². The molecule has 2 aromatic heterocycles. The SMILES string of the molecule is COc1ccc(CCNc2ncnc(Nc3ccccn3)c2N)cc1OC. The summed E-state index contributed by atoms with van der Waals surface area (Å²) in [4.78, 5) is 12.6. The number of anilines is 4. The van der Waals surface area contributed by atoms with Gasteiger partial charge in [0.05, 0.1) is 14.2 Å². The maximum absolute atomic E-state index is 6.18. The molecule has 8 nitrogen and oxygen atoms in total. The number of benzene rings is 1. The van der Waals surface area contributed by atoms with Crippen molar-refractivity contribution in [2.75, 3.05) is 37.1 Å². The van der Waals surface area contributed by atoms with Gasteiger partial charge >= 0.3 is 0 Å². The zero-order valence-corrected chi connectivity index (χ0v) is 15.3. The van der Waals surface area contributed by atoms with E-state index < -0.39 is 0 Å². The van der Waals surface area contributed by atoms with E-state index in [1.807, 2.05) is 36.4 Å². The number of hydrogen-bond acceptors (Lipinski definition) is 8. The van der Waals surface area contributed by atoms with Gasteiger partial charge in [-0.1, -0.05) is 12.1 Å². The number of methoxy groups -OCH3 is 2. The molecule has 0 saturated heterocycles. The summed E-state index contributed by atoms with van der Waals surface area (Å²) in [6.07, 6.45) is 3.93. The van der Waals surface area contributed by atoms with E-state index >= 15 is 0 Å². The molecule has 4 N–H and O–H groups in total. The van der Waals surface area contributed by atoms with E-state index in [2.05, 4.69) is 25.6 Å². The van der Waals surface area contributed by atoms with E-state index in [9.17, 15) is 0 Å². The van der Waals surface area contributed by atoms with E-state index in [-0.39, 0.29) is 0 Å². The molecule has 0 bridgehead atoms. The topological polar surface area (TPSA) is 107 Å². The number of nitrogens with one attached hydrogen (secondary N) is 2. The van der Waals surface area contributed by atoms with Crippen LogP contribution in [0.15, 0.2) is 48.9 Å². The summed E-state index contributed by atoms with van der Waals surface area (Å²) in [5.41, 5.74) is 7.73. The van der Waals surface area contributed by atoms with Crippen LogP contribution in [0.25, 0.3) is 0 Å². The molecule has 0 aliphatic rings. The van der Waals surface area contributed by atoms with Gasteiger partial charge in [0.1, 0.15) is 17.8 Å². The lowest BCUT2D eigenvalue weighted by molar-refractivity contribution is 0.354. The van der Waals surface area contributed by atoms with Crippen LogP contribution in [0.2, 0.25) is 0 Å². The third-order valence-electron chi connectivity index (χ3n) is 3.95. The van der Waals surface area contributed by atoms with Crippen molar-refractivity contribution in [3.63, 3.8) is 0 Å². The molecule has 3 aromatic rings. The highest BCUT2D eigenvalue weighted by atomic mass is 16.5. The molecule has 0 radical (unpaired) electrons. The molecule has 0 atom stereocenters. The first kappa shape index (κ1) is 18.2. The maximum Gasteiger partial charge on any atom is 0.160 e. The number of aromatic nitrogens is 3. The van der Waals surface area contributed by atoms with Crippen LogP contribution in [0.5, 0.6) is 11.5 Å². The summed E-state index contributed by atoms with van der Waals surface area (Å²) in [5.74, 6) is 3.17. The van der Waals surface area contributed by atoms with Gasteiger partial charge in [-0.05, 0) is 36.2 Å². The Morgan fingerprint density at radius 2 is 1.78 bits per heavy atom. The quantitative estimate of drug-likeness (QED) is 0.559. The second-order valence-corrected chi connectivity index (χ2v) is 5.69. The van der Waals surface area contributed by atoms with Gasteiger partial charge in [0.2, 0.25) is 0 Å². The predicted molar refractivity (Wildman–Crippen MR) is 106 cm³/mol. The van der Waals surface area contributed by atoms with Crippen LogP contribution in [-0.2, 0) is 6.42 Å². The van der Waals surface area contributed by atoms with Crippen molar-refractivity contribution in [2.24, 2.45) is 0 Å². The molecule has 3 rings (SSSR count). The van der Waals surface area contributed by atoms with Gasteiger partial charge in [0, 0.05) is 12.7 Å². The molecule has 8 heteroatoms. The Bertz CT molecular complexity index is 889. The number of rotatable bonds is 8. The minimum Gasteiger partial charge on any atom is -0.493 e. The average Bonchev–Trinajstić information content (AvgIpc) is 2.71. The Morgan fingerprint density at radius 3 is 2.52 bits per heavy atom. The van der Waals surface area contributed by atoms with Crippen molar-refractivity contribution in [1.29, 1.82) is 0 Å². The molecule has 0 fully saturated rings. The predicted octanol–water partition coefficient (Wildman–Crippen LogP) is 2.87. The summed E-state index contributed by atoms with van der Waals surface area (Å²) >= 11 is 0. The van der Waals surface area contributed by atoms with Crippen LogP contribution in [-0.4, -0.2) is 35.7 Å². The second kappa shape index (κ2) is 8.70. The third-order valence-corrected chi connectivity index (χ3v) is 3.95. The van der Waals surface area contributed by atoms with E-state index in [0.29, 0.717) is 41.2 Å². The zero-order valence-electron chi connectivity index (χ0n) is 15.3.